The second kappa shape index (κ2) is 11.3. The van der Waals surface area contributed by atoms with Crippen LogP contribution in [0.1, 0.15) is 24.5 Å². The Morgan fingerprint density at radius 1 is 1.12 bits per heavy atom. The summed E-state index contributed by atoms with van der Waals surface area (Å²) >= 11 is 0. The standard InChI is InChI=1S/C27H31NO4S/c1-4-23-19-28(33(30,31)24-17-15-21(3)16-18-24)20-26(23)25(27(29)32-5-2)14-10-9-13-22-11-7-6-8-12-22/h4,6-8,10-12,14-18,25H,1,5,9,13,19-20H2,2-3H3/b14-10+. The van der Waals surface area contributed by atoms with Crippen molar-refractivity contribution in [2.24, 2.45) is 5.92 Å². The van der Waals surface area contributed by atoms with Crippen LogP contribution in [-0.2, 0) is 26.0 Å². The molecule has 1 atom stereocenters. The molecule has 0 amide bonds. The lowest BCUT2D eigenvalue weighted by atomic mass is 9.94. The molecule has 2 aromatic carbocycles. The Morgan fingerprint density at radius 3 is 2.45 bits per heavy atom. The van der Waals surface area contributed by atoms with Crippen molar-refractivity contribution < 1.29 is 17.9 Å². The molecule has 33 heavy (non-hydrogen) atoms. The molecule has 174 valence electrons. The summed E-state index contributed by atoms with van der Waals surface area (Å²) in [7, 11) is -3.70. The first kappa shape index (κ1) is 24.7. The number of hydrogen-bond acceptors (Lipinski definition) is 4. The maximum absolute atomic E-state index is 13.2. The molecule has 0 saturated heterocycles. The fraction of sp³-hybridized carbons (Fsp3) is 0.296. The number of hydrogen-bond donors (Lipinski definition) is 0. The van der Waals surface area contributed by atoms with Crippen molar-refractivity contribution in [2.75, 3.05) is 19.7 Å². The minimum absolute atomic E-state index is 0.129. The van der Waals surface area contributed by atoms with Gasteiger partial charge in [-0.05, 0) is 55.5 Å². The number of esters is 1. The summed E-state index contributed by atoms with van der Waals surface area (Å²) in [5.74, 6) is -1.02. The van der Waals surface area contributed by atoms with E-state index in [9.17, 15) is 13.2 Å². The Balaban J connectivity index is 1.81. The minimum atomic E-state index is -3.70. The molecular weight excluding hydrogens is 434 g/mol. The van der Waals surface area contributed by atoms with E-state index in [2.05, 4.69) is 18.7 Å². The summed E-state index contributed by atoms with van der Waals surface area (Å²) in [5.41, 5.74) is 3.67. The predicted molar refractivity (Wildman–Crippen MR) is 131 cm³/mol. The van der Waals surface area contributed by atoms with Crippen LogP contribution in [0.15, 0.2) is 95.4 Å². The van der Waals surface area contributed by atoms with Gasteiger partial charge in [-0.1, -0.05) is 72.8 Å². The average Bonchev–Trinajstić information content (AvgIpc) is 3.25. The average molecular weight is 466 g/mol. The van der Waals surface area contributed by atoms with Gasteiger partial charge in [0.05, 0.1) is 17.4 Å². The first-order valence-corrected chi connectivity index (χ1v) is 12.6. The summed E-state index contributed by atoms with van der Waals surface area (Å²) in [6.07, 6.45) is 7.07. The van der Waals surface area contributed by atoms with E-state index in [0.29, 0.717) is 0 Å². The molecule has 5 nitrogen and oxygen atoms in total. The van der Waals surface area contributed by atoms with Crippen molar-refractivity contribution >= 4 is 16.0 Å². The van der Waals surface area contributed by atoms with E-state index in [-0.39, 0.29) is 30.6 Å². The number of benzene rings is 2. The molecule has 0 radical (unpaired) electrons. The summed E-state index contributed by atoms with van der Waals surface area (Å²) < 4.78 is 33.2. The maximum atomic E-state index is 13.2. The lowest BCUT2D eigenvalue weighted by Gasteiger charge is -2.18. The van der Waals surface area contributed by atoms with Crippen molar-refractivity contribution in [3.8, 4) is 0 Å². The van der Waals surface area contributed by atoms with Crippen LogP contribution in [0.4, 0.5) is 0 Å². The van der Waals surface area contributed by atoms with Crippen LogP contribution in [-0.4, -0.2) is 38.4 Å². The topological polar surface area (TPSA) is 63.7 Å². The number of sulfonamides is 1. The zero-order valence-corrected chi connectivity index (χ0v) is 20.1. The molecule has 1 aliphatic heterocycles. The van der Waals surface area contributed by atoms with Gasteiger partial charge in [0.15, 0.2) is 0 Å². The van der Waals surface area contributed by atoms with Gasteiger partial charge in [0.2, 0.25) is 10.0 Å². The van der Waals surface area contributed by atoms with E-state index in [1.54, 1.807) is 37.3 Å². The first-order valence-electron chi connectivity index (χ1n) is 11.1. The summed E-state index contributed by atoms with van der Waals surface area (Å²) in [4.78, 5) is 13.0. The minimum Gasteiger partial charge on any atom is -0.465 e. The largest absolute Gasteiger partial charge is 0.465 e. The Labute approximate surface area is 197 Å². The Hall–Kier alpha value is -2.96. The van der Waals surface area contributed by atoms with Gasteiger partial charge in [0.25, 0.3) is 0 Å². The molecule has 0 aliphatic carbocycles. The first-order chi connectivity index (χ1) is 15.9. The van der Waals surface area contributed by atoms with Crippen LogP contribution in [0.25, 0.3) is 0 Å². The number of rotatable bonds is 10. The van der Waals surface area contributed by atoms with Gasteiger partial charge in [0.1, 0.15) is 0 Å². The van der Waals surface area contributed by atoms with Crippen LogP contribution >= 0.6 is 0 Å². The highest BCUT2D eigenvalue weighted by atomic mass is 32.2. The number of ether oxygens (including phenoxy) is 1. The molecule has 2 aromatic rings. The number of nitrogens with zero attached hydrogens (tertiary/aromatic N) is 1. The van der Waals surface area contributed by atoms with Crippen LogP contribution in [0.3, 0.4) is 0 Å². The van der Waals surface area contributed by atoms with Gasteiger partial charge in [0, 0.05) is 13.1 Å². The fourth-order valence-corrected chi connectivity index (χ4v) is 5.25. The molecule has 1 aliphatic rings. The zero-order valence-electron chi connectivity index (χ0n) is 19.2. The second-order valence-corrected chi connectivity index (χ2v) is 9.96. The molecule has 0 aromatic heterocycles. The third-order valence-electron chi connectivity index (χ3n) is 5.70. The van der Waals surface area contributed by atoms with E-state index in [4.69, 9.17) is 4.74 Å². The Kier molecular flexibility index (Phi) is 8.42. The number of allylic oxidation sites excluding steroid dienone is 1. The number of aryl methyl sites for hydroxylation is 2. The highest BCUT2D eigenvalue weighted by Gasteiger charge is 2.36. The Bertz CT molecular complexity index is 1130. The normalized spacial score (nSPS) is 15.7. The van der Waals surface area contributed by atoms with Crippen LogP contribution in [0.5, 0.6) is 0 Å². The second-order valence-electron chi connectivity index (χ2n) is 8.02. The van der Waals surface area contributed by atoms with E-state index in [1.807, 2.05) is 37.3 Å². The highest BCUT2D eigenvalue weighted by Crippen LogP contribution is 2.31. The molecule has 0 saturated carbocycles. The molecule has 0 fully saturated rings. The van der Waals surface area contributed by atoms with Crippen molar-refractivity contribution in [1.29, 1.82) is 0 Å². The summed E-state index contributed by atoms with van der Waals surface area (Å²) in [5, 5.41) is 0. The fourth-order valence-electron chi connectivity index (χ4n) is 3.86. The highest BCUT2D eigenvalue weighted by molar-refractivity contribution is 7.89. The molecule has 0 spiro atoms. The van der Waals surface area contributed by atoms with E-state index < -0.39 is 15.9 Å². The van der Waals surface area contributed by atoms with Gasteiger partial charge in [-0.15, -0.1) is 0 Å². The van der Waals surface area contributed by atoms with Crippen molar-refractivity contribution in [1.82, 2.24) is 4.31 Å². The van der Waals surface area contributed by atoms with Gasteiger partial charge in [-0.3, -0.25) is 4.79 Å². The zero-order chi connectivity index (χ0) is 23.8. The molecule has 0 N–H and O–H groups in total. The van der Waals surface area contributed by atoms with Gasteiger partial charge >= 0.3 is 5.97 Å². The SMILES string of the molecule is C=CC1=C(C(/C=C/CCc2ccccc2)C(=O)OCC)CN(S(=O)(=O)c2ccc(C)cc2)C1. The van der Waals surface area contributed by atoms with Crippen molar-refractivity contribution in [2.45, 2.75) is 31.6 Å². The molecular formula is C27H31NO4S. The summed E-state index contributed by atoms with van der Waals surface area (Å²) in [6.45, 7) is 8.11. The monoisotopic (exact) mass is 465 g/mol. The third-order valence-corrected chi connectivity index (χ3v) is 7.50. The van der Waals surface area contributed by atoms with Gasteiger partial charge in [-0.25, -0.2) is 8.42 Å². The molecule has 6 heteroatoms. The quantitative estimate of drug-likeness (QED) is 0.372. The molecule has 3 rings (SSSR count). The maximum Gasteiger partial charge on any atom is 0.317 e. The number of carbonyl (C=O) groups is 1. The van der Waals surface area contributed by atoms with Crippen molar-refractivity contribution in [3.05, 3.63) is 102 Å². The lowest BCUT2D eigenvalue weighted by molar-refractivity contribution is -0.145. The van der Waals surface area contributed by atoms with E-state index >= 15 is 0 Å². The Morgan fingerprint density at radius 2 is 1.82 bits per heavy atom. The van der Waals surface area contributed by atoms with Crippen LogP contribution < -0.4 is 0 Å². The molecule has 1 unspecified atom stereocenters. The van der Waals surface area contributed by atoms with Gasteiger partial charge < -0.3 is 4.74 Å². The van der Waals surface area contributed by atoms with Gasteiger partial charge in [-0.2, -0.15) is 4.31 Å². The van der Waals surface area contributed by atoms with Crippen LogP contribution in [0.2, 0.25) is 0 Å². The smallest absolute Gasteiger partial charge is 0.317 e. The summed E-state index contributed by atoms with van der Waals surface area (Å²) in [6, 6.07) is 16.9. The molecule has 1 heterocycles. The van der Waals surface area contributed by atoms with E-state index in [1.165, 1.54) is 9.87 Å². The van der Waals surface area contributed by atoms with E-state index in [0.717, 1.165) is 29.6 Å². The third kappa shape index (κ3) is 6.09. The lowest BCUT2D eigenvalue weighted by Crippen LogP contribution is -2.31. The van der Waals surface area contributed by atoms with Crippen LogP contribution in [0, 0.1) is 12.8 Å². The number of carbonyl (C=O) groups excluding carboxylic acids is 1. The van der Waals surface area contributed by atoms with Crippen molar-refractivity contribution in [3.63, 3.8) is 0 Å². The predicted octanol–water partition coefficient (Wildman–Crippen LogP) is 4.85. The molecule has 0 bridgehead atoms.